The summed E-state index contributed by atoms with van der Waals surface area (Å²) in [5.41, 5.74) is 4.00. The van der Waals surface area contributed by atoms with Crippen molar-refractivity contribution in [2.24, 2.45) is 5.41 Å². The first-order chi connectivity index (χ1) is 16.3. The number of aromatic amines is 1. The third-order valence-corrected chi connectivity index (χ3v) is 6.55. The van der Waals surface area contributed by atoms with E-state index in [1.807, 2.05) is 50.2 Å². The number of fused-ring (bicyclic) bond motifs is 1. The molecule has 7 nitrogen and oxygen atoms in total. The molecule has 2 aromatic carbocycles. The van der Waals surface area contributed by atoms with E-state index in [4.69, 9.17) is 4.74 Å². The van der Waals surface area contributed by atoms with Crippen LogP contribution in [0.2, 0.25) is 0 Å². The molecule has 35 heavy (non-hydrogen) atoms. The predicted octanol–water partition coefficient (Wildman–Crippen LogP) is 5.52. The van der Waals surface area contributed by atoms with E-state index in [0.717, 1.165) is 37.7 Å². The highest BCUT2D eigenvalue weighted by Gasteiger charge is 2.25. The van der Waals surface area contributed by atoms with Crippen LogP contribution in [0.25, 0.3) is 22.0 Å². The summed E-state index contributed by atoms with van der Waals surface area (Å²) >= 11 is 2.30. The average molecular weight is 592 g/mol. The lowest BCUT2D eigenvalue weighted by Crippen LogP contribution is -2.44. The summed E-state index contributed by atoms with van der Waals surface area (Å²) in [6.45, 7) is 9.36. The Morgan fingerprint density at radius 2 is 1.77 bits per heavy atom. The number of hydrogen-bond donors (Lipinski definition) is 4. The number of halogens is 1. The van der Waals surface area contributed by atoms with Gasteiger partial charge < -0.3 is 25.3 Å². The summed E-state index contributed by atoms with van der Waals surface area (Å²) in [7, 11) is 0. The van der Waals surface area contributed by atoms with Crippen molar-refractivity contribution in [3.05, 3.63) is 57.3 Å². The maximum absolute atomic E-state index is 12.1. The van der Waals surface area contributed by atoms with E-state index in [-0.39, 0.29) is 18.4 Å². The normalized spacial score (nSPS) is 13.0. The molecule has 1 unspecified atom stereocenters. The molecule has 0 aliphatic rings. The highest BCUT2D eigenvalue weighted by Crippen LogP contribution is 2.33. The minimum absolute atomic E-state index is 0.0968. The van der Waals surface area contributed by atoms with Gasteiger partial charge in [-0.3, -0.25) is 0 Å². The Hall–Kier alpha value is -2.59. The van der Waals surface area contributed by atoms with Gasteiger partial charge in [0.15, 0.2) is 0 Å². The second kappa shape index (κ2) is 10.6. The zero-order valence-electron chi connectivity index (χ0n) is 20.7. The Labute approximate surface area is 219 Å². The first-order valence-corrected chi connectivity index (χ1v) is 12.6. The maximum atomic E-state index is 12.1. The molecule has 4 N–H and O–H groups in total. The van der Waals surface area contributed by atoms with Gasteiger partial charge in [-0.05, 0) is 89.6 Å². The Morgan fingerprint density at radius 3 is 2.40 bits per heavy atom. The molecule has 3 rings (SSSR count). The number of carboxylic acids is 1. The Kier molecular flexibility index (Phi) is 8.16. The molecule has 0 bridgehead atoms. The van der Waals surface area contributed by atoms with Gasteiger partial charge in [-0.2, -0.15) is 0 Å². The minimum Gasteiger partial charge on any atom is -0.480 e. The fourth-order valence-electron chi connectivity index (χ4n) is 3.87. The van der Waals surface area contributed by atoms with Gasteiger partial charge in [0.1, 0.15) is 11.6 Å². The largest absolute Gasteiger partial charge is 0.480 e. The van der Waals surface area contributed by atoms with Gasteiger partial charge in [0, 0.05) is 23.9 Å². The summed E-state index contributed by atoms with van der Waals surface area (Å²) in [4.78, 5) is 27.3. The third kappa shape index (κ3) is 7.20. The molecule has 8 heteroatoms. The van der Waals surface area contributed by atoms with Gasteiger partial charge in [0.25, 0.3) is 0 Å². The lowest BCUT2D eigenvalue weighted by atomic mass is 9.86. The highest BCUT2D eigenvalue weighted by molar-refractivity contribution is 14.1. The Morgan fingerprint density at radius 1 is 1.09 bits per heavy atom. The number of amides is 1. The number of carbonyl (C=O) groups excluding carboxylic acids is 1. The second-order valence-corrected chi connectivity index (χ2v) is 11.7. The van der Waals surface area contributed by atoms with Crippen LogP contribution in [0.5, 0.6) is 0 Å². The number of alkyl carbamates (subject to hydrolysis) is 1. The fraction of sp³-hybridized carbons (Fsp3) is 0.407. The van der Waals surface area contributed by atoms with Gasteiger partial charge in [0.2, 0.25) is 0 Å². The zero-order chi connectivity index (χ0) is 26.0. The van der Waals surface area contributed by atoms with Crippen LogP contribution >= 0.6 is 22.6 Å². The summed E-state index contributed by atoms with van der Waals surface area (Å²) < 4.78 is 6.27. The van der Waals surface area contributed by atoms with Gasteiger partial charge in [0.05, 0.1) is 3.70 Å². The number of hydrogen-bond acceptors (Lipinski definition) is 4. The van der Waals surface area contributed by atoms with Crippen LogP contribution in [0.4, 0.5) is 4.79 Å². The minimum atomic E-state index is -1.12. The molecule has 188 valence electrons. The van der Waals surface area contributed by atoms with Crippen molar-refractivity contribution in [2.45, 2.75) is 59.1 Å². The molecule has 0 aliphatic carbocycles. The lowest BCUT2D eigenvalue weighted by molar-refractivity contribution is -0.139. The van der Waals surface area contributed by atoms with Crippen molar-refractivity contribution in [1.82, 2.24) is 10.3 Å². The number of aliphatic hydroxyl groups is 1. The molecule has 1 amide bonds. The van der Waals surface area contributed by atoms with Crippen molar-refractivity contribution in [3.8, 4) is 11.1 Å². The number of carboxylic acid groups (broad SMARTS) is 1. The predicted molar refractivity (Wildman–Crippen MR) is 146 cm³/mol. The van der Waals surface area contributed by atoms with Crippen molar-refractivity contribution < 1.29 is 24.5 Å². The van der Waals surface area contributed by atoms with Crippen LogP contribution in [0, 0.1) is 9.12 Å². The van der Waals surface area contributed by atoms with Crippen molar-refractivity contribution in [1.29, 1.82) is 0 Å². The van der Waals surface area contributed by atoms with Crippen LogP contribution in [0.15, 0.2) is 42.5 Å². The third-order valence-electron chi connectivity index (χ3n) is 5.63. The summed E-state index contributed by atoms with van der Waals surface area (Å²) in [5, 5.41) is 23.0. The number of benzene rings is 2. The van der Waals surface area contributed by atoms with Gasteiger partial charge >= 0.3 is 12.1 Å². The standard InChI is InChI=1S/C27H33IN2O5/c1-26(2,3)35-25(34)30-22(24(32)33)12-16-7-6-8-17(11-16)18-9-10-21-19(13-18)20(23(28)29-21)14-27(4,5)15-31/h6-11,13,22,29,31H,12,14-15H2,1-5H3,(H,30,34)(H,32,33). The molecule has 3 aromatic rings. The van der Waals surface area contributed by atoms with Crippen LogP contribution in [-0.4, -0.2) is 45.5 Å². The van der Waals surface area contributed by atoms with E-state index in [9.17, 15) is 19.8 Å². The number of aliphatic hydroxyl groups excluding tert-OH is 1. The first-order valence-electron chi connectivity index (χ1n) is 11.5. The molecular weight excluding hydrogens is 559 g/mol. The molecule has 0 saturated heterocycles. The van der Waals surface area contributed by atoms with Gasteiger partial charge in [-0.15, -0.1) is 0 Å². The van der Waals surface area contributed by atoms with Crippen LogP contribution in [-0.2, 0) is 22.4 Å². The summed E-state index contributed by atoms with van der Waals surface area (Å²) in [6.07, 6.45) is 0.108. The molecule has 1 heterocycles. The average Bonchev–Trinajstić information content (AvgIpc) is 3.06. The number of rotatable bonds is 8. The maximum Gasteiger partial charge on any atom is 0.408 e. The van der Waals surface area contributed by atoms with Crippen LogP contribution in [0.1, 0.15) is 45.7 Å². The molecule has 0 spiro atoms. The molecule has 1 aromatic heterocycles. The number of nitrogens with one attached hydrogen (secondary N) is 2. The first kappa shape index (κ1) is 27.0. The highest BCUT2D eigenvalue weighted by atomic mass is 127. The molecule has 0 saturated carbocycles. The zero-order valence-corrected chi connectivity index (χ0v) is 22.9. The van der Waals surface area contributed by atoms with Gasteiger partial charge in [-0.25, -0.2) is 9.59 Å². The number of aromatic nitrogens is 1. The summed E-state index contributed by atoms with van der Waals surface area (Å²) in [6, 6.07) is 12.8. The van der Waals surface area contributed by atoms with E-state index in [0.29, 0.717) is 0 Å². The Balaban J connectivity index is 1.88. The van der Waals surface area contributed by atoms with Crippen molar-refractivity contribution in [2.75, 3.05) is 6.61 Å². The molecule has 0 aliphatic heterocycles. The molecule has 0 fully saturated rings. The van der Waals surface area contributed by atoms with E-state index in [2.05, 4.69) is 39.0 Å². The van der Waals surface area contributed by atoms with Gasteiger partial charge in [-0.1, -0.05) is 44.2 Å². The van der Waals surface area contributed by atoms with E-state index in [1.54, 1.807) is 20.8 Å². The number of carbonyl (C=O) groups is 2. The molecule has 0 radical (unpaired) electrons. The van der Waals surface area contributed by atoms with Crippen molar-refractivity contribution in [3.63, 3.8) is 0 Å². The van der Waals surface area contributed by atoms with Crippen LogP contribution in [0.3, 0.4) is 0 Å². The van der Waals surface area contributed by atoms with Crippen molar-refractivity contribution >= 4 is 45.6 Å². The quantitative estimate of drug-likeness (QED) is 0.258. The van der Waals surface area contributed by atoms with E-state index >= 15 is 0 Å². The lowest BCUT2D eigenvalue weighted by Gasteiger charge is -2.22. The SMILES string of the molecule is CC(C)(CO)Cc1c(I)[nH]c2ccc(-c3cccc(CC(NC(=O)OC(C)(C)C)C(=O)O)c3)cc12. The monoisotopic (exact) mass is 592 g/mol. The number of H-pyrrole nitrogens is 1. The van der Waals surface area contributed by atoms with E-state index < -0.39 is 23.7 Å². The second-order valence-electron chi connectivity index (χ2n) is 10.6. The fourth-order valence-corrected chi connectivity index (χ4v) is 4.64. The smallest absolute Gasteiger partial charge is 0.408 e. The number of aliphatic carboxylic acids is 1. The topological polar surface area (TPSA) is 112 Å². The van der Waals surface area contributed by atoms with E-state index in [1.165, 1.54) is 5.56 Å². The number of ether oxygens (including phenoxy) is 1. The van der Waals surface area contributed by atoms with Crippen LogP contribution < -0.4 is 5.32 Å². The summed E-state index contributed by atoms with van der Waals surface area (Å²) in [5.74, 6) is -1.12. The Bertz CT molecular complexity index is 1230. The molecule has 1 atom stereocenters. The molecular formula is C27H33IN2O5.